The lowest BCUT2D eigenvalue weighted by Crippen LogP contribution is -2.55. The summed E-state index contributed by atoms with van der Waals surface area (Å²) in [4.78, 5) is 39.7. The highest BCUT2D eigenvalue weighted by molar-refractivity contribution is 5.91. The normalized spacial score (nSPS) is 17.9. The standard InChI is InChI=1S/C23H39N3O4/c1-4-6-7-8-9-14-19(25-23(29)30-18-12-10-13-18)22(28)26(3)20(11-5-2)21(27)24-17-15-16-17/h4,17-20H,1,5-16H2,2-3H3,(H,24,27)(H,25,29)/t19-,20?/m0/s1. The van der Waals surface area contributed by atoms with E-state index in [1.807, 2.05) is 13.0 Å². The number of ether oxygens (including phenoxy) is 1. The van der Waals surface area contributed by atoms with Crippen LogP contribution in [0.25, 0.3) is 0 Å². The number of carbonyl (C=O) groups excluding carboxylic acids is 3. The molecule has 30 heavy (non-hydrogen) atoms. The molecule has 0 aromatic carbocycles. The van der Waals surface area contributed by atoms with Crippen molar-refractivity contribution in [3.63, 3.8) is 0 Å². The summed E-state index contributed by atoms with van der Waals surface area (Å²) in [5.74, 6) is -0.328. The second-order valence-electron chi connectivity index (χ2n) is 8.62. The summed E-state index contributed by atoms with van der Waals surface area (Å²) < 4.78 is 5.39. The van der Waals surface area contributed by atoms with Gasteiger partial charge in [-0.2, -0.15) is 0 Å². The first-order chi connectivity index (χ1) is 14.5. The van der Waals surface area contributed by atoms with Gasteiger partial charge in [0, 0.05) is 13.1 Å². The molecule has 0 heterocycles. The second-order valence-corrected chi connectivity index (χ2v) is 8.62. The van der Waals surface area contributed by atoms with Gasteiger partial charge in [0.1, 0.15) is 18.2 Å². The minimum Gasteiger partial charge on any atom is -0.446 e. The lowest BCUT2D eigenvalue weighted by atomic mass is 9.96. The van der Waals surface area contributed by atoms with Gasteiger partial charge in [0.25, 0.3) is 0 Å². The van der Waals surface area contributed by atoms with E-state index in [1.54, 1.807) is 7.05 Å². The number of nitrogens with zero attached hydrogens (tertiary/aromatic N) is 1. The van der Waals surface area contributed by atoms with Crippen LogP contribution in [0, 0.1) is 0 Å². The lowest BCUT2D eigenvalue weighted by Gasteiger charge is -2.31. The van der Waals surface area contributed by atoms with Crippen LogP contribution in [0.3, 0.4) is 0 Å². The smallest absolute Gasteiger partial charge is 0.408 e. The molecule has 0 bridgehead atoms. The summed E-state index contributed by atoms with van der Waals surface area (Å²) in [6.07, 6.45) is 11.8. The molecular formula is C23H39N3O4. The predicted octanol–water partition coefficient (Wildman–Crippen LogP) is 3.68. The van der Waals surface area contributed by atoms with Crippen LogP contribution in [0.4, 0.5) is 4.79 Å². The van der Waals surface area contributed by atoms with Gasteiger partial charge in [-0.25, -0.2) is 4.79 Å². The van der Waals surface area contributed by atoms with Crippen LogP contribution in [0.2, 0.25) is 0 Å². The lowest BCUT2D eigenvalue weighted by molar-refractivity contribution is -0.141. The molecule has 0 aliphatic heterocycles. The number of carbonyl (C=O) groups is 3. The van der Waals surface area contributed by atoms with Crippen LogP contribution in [0.15, 0.2) is 12.7 Å². The summed E-state index contributed by atoms with van der Waals surface area (Å²) in [5, 5.41) is 5.78. The summed E-state index contributed by atoms with van der Waals surface area (Å²) in [6.45, 7) is 5.73. The van der Waals surface area contributed by atoms with Gasteiger partial charge in [-0.3, -0.25) is 9.59 Å². The van der Waals surface area contributed by atoms with E-state index in [4.69, 9.17) is 4.74 Å². The second kappa shape index (κ2) is 12.6. The fraction of sp³-hybridized carbons (Fsp3) is 0.783. The Balaban J connectivity index is 1.97. The van der Waals surface area contributed by atoms with E-state index in [0.717, 1.165) is 64.2 Å². The quantitative estimate of drug-likeness (QED) is 0.331. The first kappa shape index (κ1) is 24.2. The van der Waals surface area contributed by atoms with Crippen molar-refractivity contribution in [3.8, 4) is 0 Å². The van der Waals surface area contributed by atoms with Crippen LogP contribution in [-0.4, -0.2) is 54.1 Å². The minimum atomic E-state index is -0.681. The average molecular weight is 422 g/mol. The topological polar surface area (TPSA) is 87.7 Å². The molecular weight excluding hydrogens is 382 g/mol. The molecule has 2 atom stereocenters. The van der Waals surface area contributed by atoms with Crippen LogP contribution >= 0.6 is 0 Å². The fourth-order valence-electron chi connectivity index (χ4n) is 3.59. The number of allylic oxidation sites excluding steroid dienone is 1. The Morgan fingerprint density at radius 3 is 2.43 bits per heavy atom. The van der Waals surface area contributed by atoms with E-state index in [2.05, 4.69) is 17.2 Å². The van der Waals surface area contributed by atoms with Gasteiger partial charge in [0.2, 0.25) is 11.8 Å². The third kappa shape index (κ3) is 8.00. The van der Waals surface area contributed by atoms with Gasteiger partial charge >= 0.3 is 6.09 Å². The number of unbranched alkanes of at least 4 members (excludes halogenated alkanes) is 3. The summed E-state index contributed by atoms with van der Waals surface area (Å²) in [7, 11) is 1.67. The fourth-order valence-corrected chi connectivity index (χ4v) is 3.59. The number of nitrogens with one attached hydrogen (secondary N) is 2. The molecule has 1 unspecified atom stereocenters. The number of hydrogen-bond donors (Lipinski definition) is 2. The van der Waals surface area contributed by atoms with Crippen LogP contribution < -0.4 is 10.6 Å². The van der Waals surface area contributed by atoms with Crippen molar-refractivity contribution in [1.29, 1.82) is 0 Å². The highest BCUT2D eigenvalue weighted by atomic mass is 16.6. The monoisotopic (exact) mass is 421 g/mol. The van der Waals surface area contributed by atoms with Crippen LogP contribution in [-0.2, 0) is 14.3 Å². The zero-order valence-electron chi connectivity index (χ0n) is 18.7. The van der Waals surface area contributed by atoms with E-state index >= 15 is 0 Å². The Morgan fingerprint density at radius 2 is 1.87 bits per heavy atom. The highest BCUT2D eigenvalue weighted by Gasteiger charge is 2.34. The van der Waals surface area contributed by atoms with Crippen molar-refractivity contribution in [2.24, 2.45) is 0 Å². The third-order valence-electron chi connectivity index (χ3n) is 5.92. The first-order valence-corrected chi connectivity index (χ1v) is 11.6. The molecule has 2 aliphatic carbocycles. The minimum absolute atomic E-state index is 0.0387. The molecule has 3 amide bonds. The molecule has 2 saturated carbocycles. The molecule has 2 N–H and O–H groups in total. The third-order valence-corrected chi connectivity index (χ3v) is 5.92. The summed E-state index contributed by atoms with van der Waals surface area (Å²) in [5.41, 5.74) is 0. The van der Waals surface area contributed by atoms with Gasteiger partial charge in [-0.15, -0.1) is 6.58 Å². The molecule has 0 aromatic rings. The molecule has 2 aliphatic rings. The number of alkyl carbamates (subject to hydrolysis) is 1. The Kier molecular flexibility index (Phi) is 10.2. The molecule has 0 radical (unpaired) electrons. The van der Waals surface area contributed by atoms with E-state index in [0.29, 0.717) is 12.8 Å². The van der Waals surface area contributed by atoms with Gasteiger partial charge in [0.05, 0.1) is 0 Å². The maximum Gasteiger partial charge on any atom is 0.408 e. The number of hydrogen-bond acceptors (Lipinski definition) is 4. The zero-order valence-corrected chi connectivity index (χ0v) is 18.7. The predicted molar refractivity (Wildman–Crippen MR) is 117 cm³/mol. The summed E-state index contributed by atoms with van der Waals surface area (Å²) in [6, 6.07) is -0.952. The molecule has 170 valence electrons. The van der Waals surface area contributed by atoms with Crippen molar-refractivity contribution in [2.45, 2.75) is 108 Å². The maximum atomic E-state index is 13.2. The average Bonchev–Trinajstić information content (AvgIpc) is 3.50. The van der Waals surface area contributed by atoms with E-state index in [1.165, 1.54) is 4.90 Å². The van der Waals surface area contributed by atoms with Gasteiger partial charge in [0.15, 0.2) is 0 Å². The SMILES string of the molecule is C=CCCCCC[C@H](NC(=O)OC1CCC1)C(=O)N(C)C(CCC)C(=O)NC1CC1. The van der Waals surface area contributed by atoms with Crippen molar-refractivity contribution in [1.82, 2.24) is 15.5 Å². The van der Waals surface area contributed by atoms with Crippen molar-refractivity contribution in [2.75, 3.05) is 7.05 Å². The van der Waals surface area contributed by atoms with E-state index in [-0.39, 0.29) is 24.0 Å². The highest BCUT2D eigenvalue weighted by Crippen LogP contribution is 2.22. The molecule has 0 spiro atoms. The largest absolute Gasteiger partial charge is 0.446 e. The van der Waals surface area contributed by atoms with E-state index in [9.17, 15) is 14.4 Å². The van der Waals surface area contributed by atoms with Gasteiger partial charge in [-0.05, 0) is 57.8 Å². The molecule has 0 saturated heterocycles. The van der Waals surface area contributed by atoms with Crippen molar-refractivity contribution < 1.29 is 19.1 Å². The molecule has 2 fully saturated rings. The first-order valence-electron chi connectivity index (χ1n) is 11.6. The van der Waals surface area contributed by atoms with Crippen molar-refractivity contribution >= 4 is 17.9 Å². The van der Waals surface area contributed by atoms with Crippen LogP contribution in [0.5, 0.6) is 0 Å². The Hall–Kier alpha value is -2.05. The van der Waals surface area contributed by atoms with E-state index < -0.39 is 18.2 Å². The molecule has 0 aromatic heterocycles. The molecule has 7 heteroatoms. The number of rotatable bonds is 14. The van der Waals surface area contributed by atoms with Gasteiger partial charge in [-0.1, -0.05) is 32.3 Å². The molecule has 2 rings (SSSR count). The molecule has 7 nitrogen and oxygen atoms in total. The summed E-state index contributed by atoms with van der Waals surface area (Å²) >= 11 is 0. The Labute approximate surface area is 181 Å². The Bertz CT molecular complexity index is 587. The number of likely N-dealkylation sites (N-methyl/N-ethyl adjacent to an activating group) is 1. The van der Waals surface area contributed by atoms with Gasteiger partial charge < -0.3 is 20.3 Å². The maximum absolute atomic E-state index is 13.2. The Morgan fingerprint density at radius 1 is 1.13 bits per heavy atom. The zero-order chi connectivity index (χ0) is 21.9. The van der Waals surface area contributed by atoms with Crippen molar-refractivity contribution in [3.05, 3.63) is 12.7 Å². The van der Waals surface area contributed by atoms with Crippen LogP contribution in [0.1, 0.15) is 84.0 Å². The number of amides is 3.